The van der Waals surface area contributed by atoms with Crippen LogP contribution in [-0.4, -0.2) is 4.21 Å². The van der Waals surface area contributed by atoms with E-state index in [0.717, 1.165) is 21.8 Å². The van der Waals surface area contributed by atoms with Crippen molar-refractivity contribution in [2.75, 3.05) is 0 Å². The zero-order chi connectivity index (χ0) is 28.5. The summed E-state index contributed by atoms with van der Waals surface area (Å²) in [5.41, 5.74) is 5.62. The van der Waals surface area contributed by atoms with E-state index in [0.29, 0.717) is 0 Å². The van der Waals surface area contributed by atoms with Gasteiger partial charge in [0.1, 0.15) is 0 Å². The van der Waals surface area contributed by atoms with Crippen LogP contribution in [0.4, 0.5) is 0 Å². The molecule has 0 radical (unpaired) electrons. The summed E-state index contributed by atoms with van der Waals surface area (Å²) in [7, 11) is 0. The van der Waals surface area contributed by atoms with E-state index < -0.39 is 18.3 Å². The molecule has 0 unspecified atom stereocenters. The fourth-order valence-electron chi connectivity index (χ4n) is 7.92. The number of rotatable bonds is 4. The van der Waals surface area contributed by atoms with Gasteiger partial charge in [0.2, 0.25) is 0 Å². The monoisotopic (exact) mass is 816 g/mol. The van der Waals surface area contributed by atoms with Crippen LogP contribution in [-0.2, 0) is 24.7 Å². The zero-order valence-corrected chi connectivity index (χ0v) is 31.2. The third-order valence-corrected chi connectivity index (χ3v) is 26.9. The Bertz CT molecular complexity index is 2200. The summed E-state index contributed by atoms with van der Waals surface area (Å²) >= 11 is 2.87. The van der Waals surface area contributed by atoms with Crippen LogP contribution < -0.4 is 9.81 Å². The molecule has 0 nitrogen and oxygen atoms in total. The van der Waals surface area contributed by atoms with Crippen LogP contribution in [0.15, 0.2) is 146 Å². The predicted octanol–water partition coefficient (Wildman–Crippen LogP) is 10.2. The summed E-state index contributed by atoms with van der Waals surface area (Å²) < 4.78 is 13.4. The first-order valence-corrected chi connectivity index (χ1v) is 22.7. The molecule has 44 heavy (non-hydrogen) atoms. The van der Waals surface area contributed by atoms with Crippen molar-refractivity contribution in [3.63, 3.8) is 0 Å². The molecule has 0 atom stereocenters. The summed E-state index contributed by atoms with van der Waals surface area (Å²) in [4.78, 5) is 0. The Balaban J connectivity index is 0.00000171. The van der Waals surface area contributed by atoms with Crippen molar-refractivity contribution in [3.8, 4) is 11.1 Å². The van der Waals surface area contributed by atoms with Gasteiger partial charge in [-0.05, 0) is 0 Å². The second kappa shape index (κ2) is 11.8. The van der Waals surface area contributed by atoms with E-state index in [4.69, 9.17) is 4.21 Å². The molecule has 0 spiro atoms. The van der Waals surface area contributed by atoms with Gasteiger partial charge in [0.15, 0.2) is 0 Å². The van der Waals surface area contributed by atoms with Crippen molar-refractivity contribution >= 4 is 92.2 Å². The van der Waals surface area contributed by atoms with Crippen LogP contribution in [0.25, 0.3) is 32.7 Å². The van der Waals surface area contributed by atoms with Gasteiger partial charge in [-0.1, -0.05) is 0 Å². The molecule has 6 aromatic carbocycles. The zero-order valence-electron chi connectivity index (χ0n) is 23.9. The van der Waals surface area contributed by atoms with E-state index in [1.165, 1.54) is 56.9 Å². The fraction of sp³-hybridized carbons (Fsp3) is 0.0513. The van der Waals surface area contributed by atoms with E-state index in [-0.39, 0.29) is 24.8 Å². The van der Waals surface area contributed by atoms with Crippen LogP contribution in [0.1, 0.15) is 17.5 Å². The number of halogens is 4. The molecule has 2 aliphatic carbocycles. The van der Waals surface area contributed by atoms with Crippen molar-refractivity contribution in [2.24, 2.45) is 0 Å². The van der Waals surface area contributed by atoms with Crippen LogP contribution in [0, 0.1) is 0 Å². The molecule has 0 saturated carbocycles. The van der Waals surface area contributed by atoms with Gasteiger partial charge in [0.05, 0.1) is 0 Å². The predicted molar refractivity (Wildman–Crippen MR) is 200 cm³/mol. The van der Waals surface area contributed by atoms with E-state index in [1.54, 1.807) is 0 Å². The van der Waals surface area contributed by atoms with Gasteiger partial charge in [-0.15, -0.1) is 24.8 Å². The standard InChI is InChI=1S/C21H13.2C6H4Br.C5H5.CH2.2ClH.Zr/c1-2-8-15-14(7-1)13-20-18-11-4-3-9-16(18)17-10-5-6-12-19(17)21(15)20;2*7-6-4-2-1-3-5-6;1-2-4-5-3-1;;;;/h1-10,12H,13H2;2*1-2,4-5H;1-3H,4H2;1H2;2*1H;. The van der Waals surface area contributed by atoms with E-state index in [1.807, 2.05) is 0 Å². The van der Waals surface area contributed by atoms with Crippen LogP contribution >= 0.6 is 56.7 Å². The number of benzene rings is 6. The average Bonchev–Trinajstić information content (AvgIpc) is 3.70. The Labute approximate surface area is 288 Å². The SMILES string of the molecule is Cl.Cl.[CH2]=[Zr]([C]1=CC=CC1)([c]1cccc(Br)c1)([c]1cccc(Br)c1)[c]1cccc2c1c1c(c3ccccc32)-c2ccccc2C1. The van der Waals surface area contributed by atoms with Crippen molar-refractivity contribution in [1.29, 1.82) is 0 Å². The van der Waals surface area contributed by atoms with Crippen molar-refractivity contribution in [1.82, 2.24) is 0 Å². The summed E-state index contributed by atoms with van der Waals surface area (Å²) in [5, 5.41) is 5.38. The summed E-state index contributed by atoms with van der Waals surface area (Å²) in [6.07, 6.45) is 8.79. The third kappa shape index (κ3) is 4.34. The average molecular weight is 821 g/mol. The Morgan fingerprint density at radius 2 is 1.25 bits per heavy atom. The Morgan fingerprint density at radius 1 is 0.636 bits per heavy atom. The third-order valence-electron chi connectivity index (χ3n) is 9.81. The number of fused-ring (bicyclic) bond motifs is 8. The van der Waals surface area contributed by atoms with E-state index in [2.05, 4.69) is 165 Å². The van der Waals surface area contributed by atoms with Crippen molar-refractivity contribution < 1.29 is 18.3 Å². The Hall–Kier alpha value is -2.39. The molecule has 0 bridgehead atoms. The molecule has 0 aromatic heterocycles. The van der Waals surface area contributed by atoms with E-state index in [9.17, 15) is 0 Å². The number of allylic oxidation sites excluding steroid dienone is 4. The molecule has 0 amide bonds. The van der Waals surface area contributed by atoms with Crippen molar-refractivity contribution in [3.05, 3.63) is 157 Å². The molecule has 0 fully saturated rings. The normalized spacial score (nSPS) is 13.7. The van der Waals surface area contributed by atoms with Gasteiger partial charge < -0.3 is 0 Å². The molecule has 0 aliphatic heterocycles. The minimum absolute atomic E-state index is 0. The van der Waals surface area contributed by atoms with Crippen molar-refractivity contribution in [2.45, 2.75) is 12.8 Å². The summed E-state index contributed by atoms with van der Waals surface area (Å²) in [6.45, 7) is 0. The fourth-order valence-corrected chi connectivity index (χ4v) is 25.1. The van der Waals surface area contributed by atoms with Gasteiger partial charge >= 0.3 is 267 Å². The Morgan fingerprint density at radius 3 is 1.91 bits per heavy atom. The van der Waals surface area contributed by atoms with Gasteiger partial charge in [0, 0.05) is 0 Å². The van der Waals surface area contributed by atoms with Gasteiger partial charge in [-0.3, -0.25) is 0 Å². The van der Waals surface area contributed by atoms with E-state index >= 15 is 0 Å². The van der Waals surface area contributed by atoms with Crippen LogP contribution in [0.2, 0.25) is 0 Å². The molecule has 2 aliphatic rings. The van der Waals surface area contributed by atoms with Crippen LogP contribution in [0.5, 0.6) is 0 Å². The number of hydrogen-bond donors (Lipinski definition) is 0. The van der Waals surface area contributed by atoms with Gasteiger partial charge in [0.25, 0.3) is 0 Å². The molecule has 6 aromatic rings. The molecule has 0 N–H and O–H groups in total. The second-order valence-electron chi connectivity index (χ2n) is 11.8. The number of hydrogen-bond acceptors (Lipinski definition) is 0. The summed E-state index contributed by atoms with van der Waals surface area (Å²) in [6, 6.07) is 43.1. The van der Waals surface area contributed by atoms with Gasteiger partial charge in [-0.2, -0.15) is 0 Å². The Kier molecular flexibility index (Phi) is 8.44. The first-order valence-electron chi connectivity index (χ1n) is 14.4. The molecule has 0 saturated heterocycles. The maximum atomic E-state index is 5.64. The molecule has 0 heterocycles. The molecular formula is C39H30Br2Cl2Zr. The summed E-state index contributed by atoms with van der Waals surface area (Å²) in [5.74, 6) is 0. The minimum atomic E-state index is -4.85. The molecule has 8 rings (SSSR count). The first-order chi connectivity index (χ1) is 20.5. The maximum absolute atomic E-state index is 5.64. The first kappa shape index (κ1) is 31.6. The topological polar surface area (TPSA) is 0 Å². The van der Waals surface area contributed by atoms with Gasteiger partial charge in [-0.25, -0.2) is 0 Å². The molecule has 218 valence electrons. The molecular weight excluding hydrogens is 790 g/mol. The molecule has 5 heteroatoms. The quantitative estimate of drug-likeness (QED) is 0.155. The van der Waals surface area contributed by atoms with Crippen LogP contribution in [0.3, 0.4) is 0 Å². The second-order valence-corrected chi connectivity index (χ2v) is 26.5.